The average molecular weight is 278 g/mol. The fourth-order valence-corrected chi connectivity index (χ4v) is 3.52. The minimum absolute atomic E-state index is 0.0225. The van der Waals surface area contributed by atoms with E-state index in [1.165, 1.54) is 6.07 Å². The molecule has 3 rings (SSSR count). The van der Waals surface area contributed by atoms with Crippen LogP contribution in [0.4, 0.5) is 4.39 Å². The van der Waals surface area contributed by atoms with E-state index in [1.54, 1.807) is 12.1 Å². The zero-order valence-corrected chi connectivity index (χ0v) is 12.0. The van der Waals surface area contributed by atoms with Gasteiger partial charge in [0.25, 0.3) is 0 Å². The van der Waals surface area contributed by atoms with Gasteiger partial charge in [-0.2, -0.15) is 0 Å². The second-order valence-electron chi connectivity index (χ2n) is 5.98. The number of fused-ring (bicyclic) bond motifs is 2. The Hall–Kier alpha value is -0.970. The van der Waals surface area contributed by atoms with Gasteiger partial charge in [0.2, 0.25) is 0 Å². The Balaban J connectivity index is 1.86. The molecule has 2 bridgehead atoms. The van der Waals surface area contributed by atoms with E-state index in [4.69, 9.17) is 10.5 Å². The van der Waals surface area contributed by atoms with Crippen LogP contribution in [0.25, 0.3) is 0 Å². The number of likely N-dealkylation sites (tertiary alicyclic amines) is 1. The van der Waals surface area contributed by atoms with Gasteiger partial charge in [-0.25, -0.2) is 4.39 Å². The van der Waals surface area contributed by atoms with Gasteiger partial charge in [0.15, 0.2) is 0 Å². The van der Waals surface area contributed by atoms with Crippen molar-refractivity contribution in [3.8, 4) is 0 Å². The van der Waals surface area contributed by atoms with Gasteiger partial charge >= 0.3 is 0 Å². The van der Waals surface area contributed by atoms with E-state index in [9.17, 15) is 4.39 Å². The van der Waals surface area contributed by atoms with Gasteiger partial charge in [-0.05, 0) is 37.0 Å². The van der Waals surface area contributed by atoms with Gasteiger partial charge in [0, 0.05) is 19.1 Å². The van der Waals surface area contributed by atoms with Crippen LogP contribution in [0.1, 0.15) is 37.8 Å². The highest BCUT2D eigenvalue weighted by atomic mass is 19.1. The van der Waals surface area contributed by atoms with E-state index < -0.39 is 0 Å². The monoisotopic (exact) mass is 278 g/mol. The summed E-state index contributed by atoms with van der Waals surface area (Å²) < 4.78 is 19.4. The average Bonchev–Trinajstić information content (AvgIpc) is 2.78. The predicted octanol–water partition coefficient (Wildman–Crippen LogP) is 2.47. The smallest absolute Gasteiger partial charge is 0.123 e. The summed E-state index contributed by atoms with van der Waals surface area (Å²) >= 11 is 0. The van der Waals surface area contributed by atoms with Gasteiger partial charge in [-0.1, -0.05) is 19.1 Å². The van der Waals surface area contributed by atoms with Crippen molar-refractivity contribution >= 4 is 0 Å². The van der Waals surface area contributed by atoms with Gasteiger partial charge in [-0.15, -0.1) is 0 Å². The van der Waals surface area contributed by atoms with Crippen LogP contribution in [0.3, 0.4) is 0 Å². The maximum Gasteiger partial charge on any atom is 0.123 e. The van der Waals surface area contributed by atoms with Crippen molar-refractivity contribution in [2.75, 3.05) is 13.1 Å². The third-order valence-electron chi connectivity index (χ3n) is 4.53. The first-order valence-corrected chi connectivity index (χ1v) is 7.58. The molecule has 2 aliphatic heterocycles. The normalized spacial score (nSPS) is 29.4. The van der Waals surface area contributed by atoms with E-state index in [0.717, 1.165) is 37.9 Å². The van der Waals surface area contributed by atoms with Crippen LogP contribution in [-0.2, 0) is 4.74 Å². The Morgan fingerprint density at radius 2 is 2.05 bits per heavy atom. The summed E-state index contributed by atoms with van der Waals surface area (Å²) in [7, 11) is 0. The van der Waals surface area contributed by atoms with Gasteiger partial charge in [0.05, 0.1) is 18.2 Å². The van der Waals surface area contributed by atoms with Crippen molar-refractivity contribution in [2.24, 2.45) is 5.73 Å². The number of benzene rings is 1. The molecule has 0 aliphatic carbocycles. The molecule has 4 unspecified atom stereocenters. The molecule has 2 aliphatic rings. The lowest BCUT2D eigenvalue weighted by atomic mass is 9.95. The highest BCUT2D eigenvalue weighted by molar-refractivity contribution is 5.22. The summed E-state index contributed by atoms with van der Waals surface area (Å²) in [6.45, 7) is 3.91. The van der Waals surface area contributed by atoms with E-state index in [0.29, 0.717) is 12.2 Å². The van der Waals surface area contributed by atoms with Crippen LogP contribution in [0.2, 0.25) is 0 Å². The van der Waals surface area contributed by atoms with Crippen LogP contribution >= 0.6 is 0 Å². The molecule has 0 radical (unpaired) electrons. The summed E-state index contributed by atoms with van der Waals surface area (Å²) in [5.41, 5.74) is 7.32. The van der Waals surface area contributed by atoms with Crippen molar-refractivity contribution in [2.45, 2.75) is 50.5 Å². The molecule has 1 aromatic rings. The first-order chi connectivity index (χ1) is 9.67. The van der Waals surface area contributed by atoms with Crippen molar-refractivity contribution in [3.05, 3.63) is 35.6 Å². The Morgan fingerprint density at radius 3 is 2.65 bits per heavy atom. The Kier molecular flexibility index (Phi) is 4.06. The van der Waals surface area contributed by atoms with Gasteiger partial charge < -0.3 is 10.5 Å². The molecular weight excluding hydrogens is 255 g/mol. The summed E-state index contributed by atoms with van der Waals surface area (Å²) in [4.78, 5) is 2.40. The number of nitrogens with zero attached hydrogens (tertiary/aromatic N) is 1. The number of hydrogen-bond acceptors (Lipinski definition) is 3. The lowest BCUT2D eigenvalue weighted by molar-refractivity contribution is -0.0569. The highest BCUT2D eigenvalue weighted by Crippen LogP contribution is 2.33. The fraction of sp³-hybridized carbons (Fsp3) is 0.625. The van der Waals surface area contributed by atoms with E-state index >= 15 is 0 Å². The molecule has 20 heavy (non-hydrogen) atoms. The zero-order valence-electron chi connectivity index (χ0n) is 12.0. The molecule has 0 spiro atoms. The Labute approximate surface area is 119 Å². The molecule has 0 aromatic heterocycles. The summed E-state index contributed by atoms with van der Waals surface area (Å²) in [6, 6.07) is 6.98. The number of hydrogen-bond donors (Lipinski definition) is 1. The number of halogens is 1. The molecular formula is C16H23FN2O. The Bertz CT molecular complexity index is 456. The lowest BCUT2D eigenvalue weighted by Gasteiger charge is -2.40. The molecule has 2 heterocycles. The van der Waals surface area contributed by atoms with Crippen LogP contribution in [0.5, 0.6) is 0 Å². The third kappa shape index (κ3) is 2.73. The minimum Gasteiger partial charge on any atom is -0.372 e. The quantitative estimate of drug-likeness (QED) is 0.919. The molecule has 2 N–H and O–H groups in total. The molecule has 0 amide bonds. The van der Waals surface area contributed by atoms with E-state index in [2.05, 4.69) is 11.8 Å². The highest BCUT2D eigenvalue weighted by Gasteiger charge is 2.38. The summed E-state index contributed by atoms with van der Waals surface area (Å²) in [5, 5.41) is 0. The SMILES string of the molecule is CCC(N)C(c1cccc(F)c1)N1CC2CCC(C1)O2. The van der Waals surface area contributed by atoms with Crippen LogP contribution in [-0.4, -0.2) is 36.2 Å². The molecule has 4 atom stereocenters. The number of rotatable bonds is 4. The van der Waals surface area contributed by atoms with E-state index in [1.807, 2.05) is 6.07 Å². The van der Waals surface area contributed by atoms with Crippen molar-refractivity contribution in [1.29, 1.82) is 0 Å². The second-order valence-corrected chi connectivity index (χ2v) is 5.98. The number of nitrogens with two attached hydrogens (primary N) is 1. The molecule has 0 saturated carbocycles. The van der Waals surface area contributed by atoms with Crippen LogP contribution in [0, 0.1) is 5.82 Å². The molecule has 1 aromatic carbocycles. The van der Waals surface area contributed by atoms with Crippen molar-refractivity contribution in [1.82, 2.24) is 4.90 Å². The molecule has 2 saturated heterocycles. The van der Waals surface area contributed by atoms with Gasteiger partial charge in [0.1, 0.15) is 5.82 Å². The maximum absolute atomic E-state index is 13.5. The lowest BCUT2D eigenvalue weighted by Crippen LogP contribution is -2.49. The van der Waals surface area contributed by atoms with Crippen molar-refractivity contribution in [3.63, 3.8) is 0 Å². The van der Waals surface area contributed by atoms with Crippen molar-refractivity contribution < 1.29 is 9.13 Å². The Morgan fingerprint density at radius 1 is 1.35 bits per heavy atom. The molecule has 110 valence electrons. The number of ether oxygens (including phenoxy) is 1. The topological polar surface area (TPSA) is 38.5 Å². The van der Waals surface area contributed by atoms with Crippen LogP contribution < -0.4 is 5.73 Å². The standard InChI is InChI=1S/C16H23FN2O/c1-2-15(18)16(11-4-3-5-12(17)8-11)19-9-13-6-7-14(10-19)20-13/h3-5,8,13-16H,2,6-7,9-10,18H2,1H3. The van der Waals surface area contributed by atoms with Gasteiger partial charge in [-0.3, -0.25) is 4.90 Å². The minimum atomic E-state index is -0.188. The molecule has 4 heteroatoms. The maximum atomic E-state index is 13.5. The first kappa shape index (κ1) is 14.0. The largest absolute Gasteiger partial charge is 0.372 e. The van der Waals surface area contributed by atoms with Crippen LogP contribution in [0.15, 0.2) is 24.3 Å². The summed E-state index contributed by atoms with van der Waals surface area (Å²) in [6.07, 6.45) is 3.81. The summed E-state index contributed by atoms with van der Waals surface area (Å²) in [5.74, 6) is -0.188. The van der Waals surface area contributed by atoms with E-state index in [-0.39, 0.29) is 17.9 Å². The molecule has 3 nitrogen and oxygen atoms in total. The first-order valence-electron chi connectivity index (χ1n) is 7.58. The third-order valence-corrected chi connectivity index (χ3v) is 4.53. The zero-order chi connectivity index (χ0) is 14.1. The fourth-order valence-electron chi connectivity index (χ4n) is 3.52. The predicted molar refractivity (Wildman–Crippen MR) is 76.9 cm³/mol. The second kappa shape index (κ2) is 5.80. The number of morpholine rings is 1. The molecule has 2 fully saturated rings.